The number of rotatable bonds is 5. The number of amides is 1. The van der Waals surface area contributed by atoms with Gasteiger partial charge in [-0.1, -0.05) is 23.8 Å². The van der Waals surface area contributed by atoms with Crippen molar-refractivity contribution in [3.05, 3.63) is 52.2 Å². The molecule has 2 rings (SSSR count). The topological polar surface area (TPSA) is 84.5 Å². The average Bonchev–Trinajstić information content (AvgIpc) is 2.99. The molecule has 2 N–H and O–H groups in total. The Labute approximate surface area is 152 Å². The zero-order valence-corrected chi connectivity index (χ0v) is 16.2. The normalized spacial score (nSPS) is 13.3. The number of ether oxygens (including phenoxy) is 1. The van der Waals surface area contributed by atoms with Crippen LogP contribution in [0.3, 0.4) is 0 Å². The summed E-state index contributed by atoms with van der Waals surface area (Å²) in [5, 5.41) is 4.38. The molecule has 0 aliphatic rings. The molecular formula is C17H22N2O4S2. The van der Waals surface area contributed by atoms with Gasteiger partial charge in [0.15, 0.2) is 0 Å². The van der Waals surface area contributed by atoms with E-state index in [2.05, 4.69) is 10.0 Å². The first kappa shape index (κ1) is 19.4. The minimum Gasteiger partial charge on any atom is -0.444 e. The quantitative estimate of drug-likeness (QED) is 0.775. The molecule has 0 saturated heterocycles. The molecule has 0 saturated carbocycles. The van der Waals surface area contributed by atoms with Crippen molar-refractivity contribution in [2.45, 2.75) is 44.4 Å². The van der Waals surface area contributed by atoms with Crippen LogP contribution in [0.1, 0.15) is 37.4 Å². The molecule has 8 heteroatoms. The molecule has 1 aromatic heterocycles. The maximum atomic E-state index is 12.6. The van der Waals surface area contributed by atoms with Crippen LogP contribution in [-0.4, -0.2) is 20.1 Å². The highest BCUT2D eigenvalue weighted by molar-refractivity contribution is 7.89. The van der Waals surface area contributed by atoms with E-state index >= 15 is 0 Å². The molecule has 0 aliphatic heterocycles. The van der Waals surface area contributed by atoms with Crippen LogP contribution in [0.15, 0.2) is 46.7 Å². The molecule has 25 heavy (non-hydrogen) atoms. The summed E-state index contributed by atoms with van der Waals surface area (Å²) in [7, 11) is -3.81. The van der Waals surface area contributed by atoms with Crippen LogP contribution in [0, 0.1) is 6.92 Å². The number of alkyl carbamates (subject to hydrolysis) is 1. The van der Waals surface area contributed by atoms with Gasteiger partial charge in [-0.05, 0) is 51.3 Å². The number of sulfonamides is 1. The van der Waals surface area contributed by atoms with Crippen molar-refractivity contribution in [3.8, 4) is 0 Å². The van der Waals surface area contributed by atoms with E-state index in [1.807, 2.05) is 6.92 Å². The van der Waals surface area contributed by atoms with E-state index in [4.69, 9.17) is 4.74 Å². The average molecular weight is 383 g/mol. The molecule has 1 amide bonds. The Morgan fingerprint density at radius 2 is 1.80 bits per heavy atom. The Balaban J connectivity index is 2.22. The molecule has 0 aliphatic carbocycles. The third kappa shape index (κ3) is 5.84. The number of thiophene rings is 1. The third-order valence-corrected chi connectivity index (χ3v) is 5.47. The molecule has 2 aromatic rings. The van der Waals surface area contributed by atoms with E-state index in [-0.39, 0.29) is 4.90 Å². The minimum atomic E-state index is -3.81. The first-order valence-electron chi connectivity index (χ1n) is 7.69. The van der Waals surface area contributed by atoms with Crippen molar-refractivity contribution >= 4 is 27.5 Å². The van der Waals surface area contributed by atoms with E-state index in [0.29, 0.717) is 4.88 Å². The Morgan fingerprint density at radius 1 is 1.16 bits per heavy atom. The summed E-state index contributed by atoms with van der Waals surface area (Å²) in [6.07, 6.45) is -1.61. The smallest absolute Gasteiger partial charge is 0.409 e. The lowest BCUT2D eigenvalue weighted by molar-refractivity contribution is 0.0502. The van der Waals surface area contributed by atoms with Gasteiger partial charge in [0, 0.05) is 4.88 Å². The summed E-state index contributed by atoms with van der Waals surface area (Å²) in [4.78, 5) is 12.9. The van der Waals surface area contributed by atoms with E-state index in [9.17, 15) is 13.2 Å². The van der Waals surface area contributed by atoms with Gasteiger partial charge in [-0.25, -0.2) is 13.2 Å². The second kappa shape index (κ2) is 7.55. The second-order valence-electron chi connectivity index (χ2n) is 6.53. The standard InChI is InChI=1S/C17H22N2O4S2/c1-12-7-9-13(10-8-12)25(21,22)19-15(14-6-5-11-24-14)18-16(20)23-17(2,3)4/h5-11,15,19H,1-4H3,(H,18,20). The summed E-state index contributed by atoms with van der Waals surface area (Å²) in [5.41, 5.74) is 0.278. The number of aryl methyl sites for hydroxylation is 1. The maximum Gasteiger partial charge on any atom is 0.409 e. The van der Waals surface area contributed by atoms with Crippen LogP contribution in [0.2, 0.25) is 0 Å². The molecule has 0 bridgehead atoms. The van der Waals surface area contributed by atoms with Gasteiger partial charge < -0.3 is 10.1 Å². The second-order valence-corrected chi connectivity index (χ2v) is 9.22. The first-order chi connectivity index (χ1) is 11.6. The minimum absolute atomic E-state index is 0.130. The highest BCUT2D eigenvalue weighted by Gasteiger charge is 2.26. The van der Waals surface area contributed by atoms with Crippen molar-refractivity contribution < 1.29 is 17.9 Å². The molecule has 0 fully saturated rings. The van der Waals surface area contributed by atoms with Crippen LogP contribution in [-0.2, 0) is 14.8 Å². The molecular weight excluding hydrogens is 360 g/mol. The number of hydrogen-bond acceptors (Lipinski definition) is 5. The van der Waals surface area contributed by atoms with Crippen molar-refractivity contribution in [3.63, 3.8) is 0 Å². The van der Waals surface area contributed by atoms with Crippen LogP contribution in [0.5, 0.6) is 0 Å². The highest BCUT2D eigenvalue weighted by Crippen LogP contribution is 2.21. The Hall–Kier alpha value is -1.90. The monoisotopic (exact) mass is 382 g/mol. The number of benzene rings is 1. The van der Waals surface area contributed by atoms with Crippen LogP contribution >= 0.6 is 11.3 Å². The van der Waals surface area contributed by atoms with Crippen molar-refractivity contribution in [2.75, 3.05) is 0 Å². The van der Waals surface area contributed by atoms with Gasteiger partial charge in [-0.2, -0.15) is 4.72 Å². The fourth-order valence-electron chi connectivity index (χ4n) is 1.98. The lowest BCUT2D eigenvalue weighted by atomic mass is 10.2. The number of carbonyl (C=O) groups is 1. The summed E-state index contributed by atoms with van der Waals surface area (Å²) in [6, 6.07) is 10.0. The number of hydrogen-bond donors (Lipinski definition) is 2. The molecule has 0 spiro atoms. The fourth-order valence-corrected chi connectivity index (χ4v) is 3.91. The van der Waals surface area contributed by atoms with Gasteiger partial charge in [0.05, 0.1) is 4.90 Å². The largest absolute Gasteiger partial charge is 0.444 e. The lowest BCUT2D eigenvalue weighted by Crippen LogP contribution is -2.42. The molecule has 1 aromatic carbocycles. The fraction of sp³-hybridized carbons (Fsp3) is 0.353. The molecule has 0 radical (unpaired) electrons. The van der Waals surface area contributed by atoms with Crippen molar-refractivity contribution in [2.24, 2.45) is 0 Å². The summed E-state index contributed by atoms with van der Waals surface area (Å²) >= 11 is 1.33. The van der Waals surface area contributed by atoms with Gasteiger partial charge in [0.1, 0.15) is 11.8 Å². The first-order valence-corrected chi connectivity index (χ1v) is 10.0. The highest BCUT2D eigenvalue weighted by atomic mass is 32.2. The zero-order valence-electron chi connectivity index (χ0n) is 14.6. The summed E-state index contributed by atoms with van der Waals surface area (Å²) < 4.78 is 33.0. The maximum absolute atomic E-state index is 12.6. The van der Waals surface area contributed by atoms with Crippen molar-refractivity contribution in [1.29, 1.82) is 0 Å². The van der Waals surface area contributed by atoms with Crippen LogP contribution < -0.4 is 10.0 Å². The Bertz CT molecular complexity index is 807. The van der Waals surface area contributed by atoms with Gasteiger partial charge in [0.25, 0.3) is 0 Å². The SMILES string of the molecule is Cc1ccc(S(=O)(=O)NC(NC(=O)OC(C)(C)C)c2cccs2)cc1. The van der Waals surface area contributed by atoms with Crippen LogP contribution in [0.4, 0.5) is 4.79 Å². The van der Waals surface area contributed by atoms with Crippen LogP contribution in [0.25, 0.3) is 0 Å². The zero-order chi connectivity index (χ0) is 18.7. The molecule has 6 nitrogen and oxygen atoms in total. The van der Waals surface area contributed by atoms with Crippen molar-refractivity contribution in [1.82, 2.24) is 10.0 Å². The summed E-state index contributed by atoms with van der Waals surface area (Å²) in [5.74, 6) is 0. The third-order valence-electron chi connectivity index (χ3n) is 3.09. The Kier molecular flexibility index (Phi) is 5.87. The van der Waals surface area contributed by atoms with E-state index < -0.39 is 27.9 Å². The molecule has 1 heterocycles. The van der Waals surface area contributed by atoms with E-state index in [1.54, 1.807) is 50.4 Å². The van der Waals surface area contributed by atoms with E-state index in [1.165, 1.54) is 23.5 Å². The molecule has 1 atom stereocenters. The number of carbonyl (C=O) groups excluding carboxylic acids is 1. The van der Waals surface area contributed by atoms with Gasteiger partial charge in [-0.15, -0.1) is 11.3 Å². The Morgan fingerprint density at radius 3 is 2.32 bits per heavy atom. The van der Waals surface area contributed by atoms with Gasteiger partial charge in [-0.3, -0.25) is 0 Å². The molecule has 136 valence electrons. The van der Waals surface area contributed by atoms with Gasteiger partial charge in [0.2, 0.25) is 10.0 Å². The predicted octanol–water partition coefficient (Wildman–Crippen LogP) is 3.56. The predicted molar refractivity (Wildman–Crippen MR) is 97.9 cm³/mol. The summed E-state index contributed by atoms with van der Waals surface area (Å²) in [6.45, 7) is 7.10. The van der Waals surface area contributed by atoms with Gasteiger partial charge >= 0.3 is 6.09 Å². The number of nitrogens with one attached hydrogen (secondary N) is 2. The lowest BCUT2D eigenvalue weighted by Gasteiger charge is -2.23. The van der Waals surface area contributed by atoms with E-state index in [0.717, 1.165) is 5.56 Å². The molecule has 1 unspecified atom stereocenters.